The number of nitrogens with one attached hydrogen (secondary N) is 1. The third-order valence-corrected chi connectivity index (χ3v) is 5.65. The van der Waals surface area contributed by atoms with Crippen molar-refractivity contribution < 1.29 is 19.8 Å². The number of fused-ring (bicyclic) bond motifs is 1. The Labute approximate surface area is 180 Å². The summed E-state index contributed by atoms with van der Waals surface area (Å²) >= 11 is 0. The van der Waals surface area contributed by atoms with E-state index >= 15 is 0 Å². The number of benzene rings is 1. The van der Waals surface area contributed by atoms with E-state index in [2.05, 4.69) is 24.1 Å². The third-order valence-electron chi connectivity index (χ3n) is 5.65. The van der Waals surface area contributed by atoms with Crippen LogP contribution in [0.1, 0.15) is 68.8 Å². The maximum atomic E-state index is 12.6. The molecule has 1 aliphatic rings. The summed E-state index contributed by atoms with van der Waals surface area (Å²) in [6, 6.07) is 5.79. The zero-order valence-electron chi connectivity index (χ0n) is 18.6. The van der Waals surface area contributed by atoms with Crippen molar-refractivity contribution in [2.24, 2.45) is 0 Å². The number of amides is 2. The second kappa shape index (κ2) is 12.0. The second-order valence-electron chi connectivity index (χ2n) is 8.39. The molecule has 3 N–H and O–H groups in total. The lowest BCUT2D eigenvalue weighted by molar-refractivity contribution is -0.116. The molecule has 2 amide bonds. The van der Waals surface area contributed by atoms with Crippen molar-refractivity contribution in [3.8, 4) is 0 Å². The predicted octanol–water partition coefficient (Wildman–Crippen LogP) is 2.30. The maximum absolute atomic E-state index is 12.6. The number of rotatable bonds is 5. The van der Waals surface area contributed by atoms with Gasteiger partial charge in [-0.25, -0.2) is 0 Å². The summed E-state index contributed by atoms with van der Waals surface area (Å²) in [5.74, 6) is -0.297. The van der Waals surface area contributed by atoms with Crippen molar-refractivity contribution in [2.75, 3.05) is 31.1 Å². The lowest BCUT2D eigenvalue weighted by Crippen LogP contribution is -2.36. The number of nitrogens with zero attached hydrogens (tertiary/aromatic N) is 2. The number of hydrogen-bond acceptors (Lipinski definition) is 5. The molecule has 168 valence electrons. The molecule has 1 aromatic rings. The molecule has 1 aromatic carbocycles. The molecule has 0 aliphatic carbocycles. The molecule has 7 heteroatoms. The van der Waals surface area contributed by atoms with Crippen molar-refractivity contribution in [1.82, 2.24) is 10.2 Å². The van der Waals surface area contributed by atoms with Gasteiger partial charge in [-0.3, -0.25) is 14.5 Å². The number of hydrogen-bond donors (Lipinski definition) is 3. The first-order valence-electron chi connectivity index (χ1n) is 11.1. The molecule has 1 atom stereocenters. The van der Waals surface area contributed by atoms with E-state index in [4.69, 9.17) is 5.11 Å². The van der Waals surface area contributed by atoms with E-state index in [0.717, 1.165) is 37.1 Å². The van der Waals surface area contributed by atoms with Gasteiger partial charge in [-0.1, -0.05) is 19.3 Å². The van der Waals surface area contributed by atoms with Crippen molar-refractivity contribution in [3.05, 3.63) is 29.3 Å². The Morgan fingerprint density at radius 2 is 1.77 bits per heavy atom. The summed E-state index contributed by atoms with van der Waals surface area (Å²) in [6.07, 6.45) is 4.60. The molecule has 0 spiro atoms. The Kier molecular flexibility index (Phi) is 9.75. The number of anilines is 1. The van der Waals surface area contributed by atoms with Crippen LogP contribution in [-0.4, -0.2) is 65.3 Å². The molecule has 1 aliphatic heterocycles. The minimum atomic E-state index is -0.983. The summed E-state index contributed by atoms with van der Waals surface area (Å²) in [5, 5.41) is 21.1. The maximum Gasteiger partial charge on any atom is 0.251 e. The van der Waals surface area contributed by atoms with Gasteiger partial charge in [0.25, 0.3) is 5.91 Å². The molecule has 0 bridgehead atoms. The minimum Gasteiger partial charge on any atom is -0.394 e. The Morgan fingerprint density at radius 1 is 1.10 bits per heavy atom. The summed E-state index contributed by atoms with van der Waals surface area (Å²) < 4.78 is 0. The Balaban J connectivity index is 2.37. The van der Waals surface area contributed by atoms with Crippen LogP contribution < -0.4 is 10.2 Å². The molecule has 2 rings (SSSR count). The molecule has 1 heterocycles. The molecular weight excluding hydrogens is 382 g/mol. The first-order valence-corrected chi connectivity index (χ1v) is 11.1. The second-order valence-corrected chi connectivity index (χ2v) is 8.39. The quantitative estimate of drug-likeness (QED) is 0.681. The SMILES string of the molecule is CC(=O)N1CCCCCCCN(C(C)C)Cc2cc(C(=O)NCC(O)CO)ccc21. The normalized spacial score (nSPS) is 17.6. The van der Waals surface area contributed by atoms with Crippen LogP contribution in [0, 0.1) is 0 Å². The van der Waals surface area contributed by atoms with Gasteiger partial charge in [0.05, 0.1) is 12.7 Å². The van der Waals surface area contributed by atoms with Gasteiger partial charge in [-0.2, -0.15) is 0 Å². The van der Waals surface area contributed by atoms with E-state index in [0.29, 0.717) is 24.7 Å². The van der Waals surface area contributed by atoms with Crippen LogP contribution in [0.3, 0.4) is 0 Å². The van der Waals surface area contributed by atoms with E-state index in [9.17, 15) is 14.7 Å². The summed E-state index contributed by atoms with van der Waals surface area (Å²) in [5.41, 5.74) is 2.30. The zero-order valence-corrected chi connectivity index (χ0v) is 18.6. The van der Waals surface area contributed by atoms with E-state index in [-0.39, 0.29) is 18.4 Å². The fourth-order valence-corrected chi connectivity index (χ4v) is 3.80. The Morgan fingerprint density at radius 3 is 2.40 bits per heavy atom. The molecule has 7 nitrogen and oxygen atoms in total. The van der Waals surface area contributed by atoms with Crippen molar-refractivity contribution in [2.45, 2.75) is 71.6 Å². The number of aliphatic hydroxyl groups excluding tert-OH is 2. The van der Waals surface area contributed by atoms with Crippen molar-refractivity contribution in [3.63, 3.8) is 0 Å². The highest BCUT2D eigenvalue weighted by Crippen LogP contribution is 2.26. The number of carbonyl (C=O) groups excluding carboxylic acids is 2. The summed E-state index contributed by atoms with van der Waals surface area (Å²) in [7, 11) is 0. The van der Waals surface area contributed by atoms with Gasteiger partial charge in [-0.05, 0) is 57.0 Å². The molecule has 1 unspecified atom stereocenters. The molecule has 0 radical (unpaired) electrons. The Hall–Kier alpha value is -1.96. The fourth-order valence-electron chi connectivity index (χ4n) is 3.80. The van der Waals surface area contributed by atoms with Crippen LogP contribution in [0.5, 0.6) is 0 Å². The molecule has 0 fully saturated rings. The molecule has 0 saturated carbocycles. The smallest absolute Gasteiger partial charge is 0.251 e. The highest BCUT2D eigenvalue weighted by molar-refractivity contribution is 5.97. The van der Waals surface area contributed by atoms with Crippen LogP contribution in [0.2, 0.25) is 0 Å². The van der Waals surface area contributed by atoms with Crippen molar-refractivity contribution in [1.29, 1.82) is 0 Å². The average molecular weight is 420 g/mol. The van der Waals surface area contributed by atoms with Gasteiger partial charge in [0.2, 0.25) is 5.91 Å². The van der Waals surface area contributed by atoms with Crippen LogP contribution in [0.25, 0.3) is 0 Å². The first-order chi connectivity index (χ1) is 14.3. The van der Waals surface area contributed by atoms with Gasteiger partial charge in [0.1, 0.15) is 0 Å². The molecule has 0 aromatic heterocycles. The highest BCUT2D eigenvalue weighted by Gasteiger charge is 2.21. The lowest BCUT2D eigenvalue weighted by Gasteiger charge is -2.31. The summed E-state index contributed by atoms with van der Waals surface area (Å²) in [4.78, 5) is 29.2. The van der Waals surface area contributed by atoms with Crippen LogP contribution >= 0.6 is 0 Å². The largest absolute Gasteiger partial charge is 0.394 e. The predicted molar refractivity (Wildman–Crippen MR) is 119 cm³/mol. The van der Waals surface area contributed by atoms with Gasteiger partial charge in [0.15, 0.2) is 0 Å². The van der Waals surface area contributed by atoms with Gasteiger partial charge < -0.3 is 20.4 Å². The van der Waals surface area contributed by atoms with Crippen LogP contribution in [-0.2, 0) is 11.3 Å². The monoisotopic (exact) mass is 419 g/mol. The van der Waals surface area contributed by atoms with Gasteiger partial charge in [-0.15, -0.1) is 0 Å². The molecule has 0 saturated heterocycles. The number of carbonyl (C=O) groups is 2. The zero-order chi connectivity index (χ0) is 22.1. The van der Waals surface area contributed by atoms with Crippen LogP contribution in [0.4, 0.5) is 5.69 Å². The Bertz CT molecular complexity index is 708. The van der Waals surface area contributed by atoms with E-state index in [1.54, 1.807) is 13.0 Å². The summed E-state index contributed by atoms with van der Waals surface area (Å²) in [6.45, 7) is 7.84. The highest BCUT2D eigenvalue weighted by atomic mass is 16.3. The fraction of sp³-hybridized carbons (Fsp3) is 0.652. The lowest BCUT2D eigenvalue weighted by atomic mass is 10.0. The van der Waals surface area contributed by atoms with Crippen molar-refractivity contribution >= 4 is 17.5 Å². The first kappa shape index (κ1) is 24.3. The third kappa shape index (κ3) is 7.07. The molecular formula is C23H37N3O4. The van der Waals surface area contributed by atoms with Gasteiger partial charge in [0, 0.05) is 43.9 Å². The van der Waals surface area contributed by atoms with Crippen LogP contribution in [0.15, 0.2) is 18.2 Å². The number of aliphatic hydroxyl groups is 2. The van der Waals surface area contributed by atoms with E-state index < -0.39 is 12.7 Å². The minimum absolute atomic E-state index is 0.00711. The van der Waals surface area contributed by atoms with E-state index in [1.807, 2.05) is 17.0 Å². The average Bonchev–Trinajstić information content (AvgIpc) is 2.71. The topological polar surface area (TPSA) is 93.1 Å². The molecule has 30 heavy (non-hydrogen) atoms. The standard InChI is InChI=1S/C23H37N3O4/c1-17(2)25-11-7-5-4-6-8-12-26(18(3)28)22-10-9-19(13-20(22)15-25)23(30)24-14-21(29)16-27/h9-10,13,17,21,27,29H,4-8,11-12,14-16H2,1-3H3,(H,24,30). The van der Waals surface area contributed by atoms with Gasteiger partial charge >= 0.3 is 0 Å². The van der Waals surface area contributed by atoms with E-state index in [1.165, 1.54) is 12.8 Å².